The lowest BCUT2D eigenvalue weighted by atomic mass is 10.1. The Morgan fingerprint density at radius 2 is 1.69 bits per heavy atom. The van der Waals surface area contributed by atoms with Crippen molar-refractivity contribution < 1.29 is 17.9 Å². The fraction of sp³-hybridized carbons (Fsp3) is 0.632. The number of nitrogens with zero attached hydrogens (tertiary/aromatic N) is 1. The largest absolute Gasteiger partial charge is 0.369 e. The fourth-order valence-corrected chi connectivity index (χ4v) is 3.99. The van der Waals surface area contributed by atoms with Crippen LogP contribution in [0.4, 0.5) is 0 Å². The van der Waals surface area contributed by atoms with Crippen LogP contribution >= 0.6 is 0 Å². The number of benzene rings is 1. The van der Waals surface area contributed by atoms with Crippen LogP contribution in [0.15, 0.2) is 29.2 Å². The van der Waals surface area contributed by atoms with E-state index in [0.717, 1.165) is 18.4 Å². The van der Waals surface area contributed by atoms with Crippen molar-refractivity contribution >= 4 is 15.9 Å². The quantitative estimate of drug-likeness (QED) is 0.595. The van der Waals surface area contributed by atoms with Crippen LogP contribution in [0.3, 0.4) is 0 Å². The molecule has 0 fully saturated rings. The van der Waals surface area contributed by atoms with Crippen molar-refractivity contribution in [3.05, 3.63) is 29.8 Å². The summed E-state index contributed by atoms with van der Waals surface area (Å²) in [5.41, 5.74) is 0.845. The molecule has 1 N–H and O–H groups in total. The van der Waals surface area contributed by atoms with Crippen LogP contribution in [-0.4, -0.2) is 44.4 Å². The maximum absolute atomic E-state index is 12.5. The Kier molecular flexibility index (Phi) is 9.25. The SMILES string of the molecule is CCCCOC(C)C(=O)NC(C)c1ccc(S(=O)(=O)N(CC)CC)cc1. The Hall–Kier alpha value is -1.44. The number of ether oxygens (including phenoxy) is 1. The third-order valence-electron chi connectivity index (χ3n) is 4.32. The summed E-state index contributed by atoms with van der Waals surface area (Å²) in [5.74, 6) is -0.173. The van der Waals surface area contributed by atoms with Gasteiger partial charge in [0.25, 0.3) is 0 Å². The molecule has 0 saturated carbocycles. The molecule has 1 amide bonds. The number of carbonyl (C=O) groups excluding carboxylic acids is 1. The molecule has 0 aliphatic rings. The number of rotatable bonds is 11. The van der Waals surface area contributed by atoms with Gasteiger partial charge >= 0.3 is 0 Å². The molecule has 7 heteroatoms. The van der Waals surface area contributed by atoms with Gasteiger partial charge in [0, 0.05) is 19.7 Å². The van der Waals surface area contributed by atoms with E-state index in [9.17, 15) is 13.2 Å². The number of amides is 1. The summed E-state index contributed by atoms with van der Waals surface area (Å²) in [6.45, 7) is 10.7. The Balaban J connectivity index is 2.74. The van der Waals surface area contributed by atoms with E-state index in [-0.39, 0.29) is 16.8 Å². The molecule has 6 nitrogen and oxygen atoms in total. The lowest BCUT2D eigenvalue weighted by Crippen LogP contribution is -2.36. The van der Waals surface area contributed by atoms with Crippen LogP contribution in [0.2, 0.25) is 0 Å². The molecule has 1 aromatic rings. The molecule has 1 rings (SSSR count). The summed E-state index contributed by atoms with van der Waals surface area (Å²) >= 11 is 0. The molecule has 0 radical (unpaired) electrons. The molecule has 0 spiro atoms. The highest BCUT2D eigenvalue weighted by atomic mass is 32.2. The van der Waals surface area contributed by atoms with Gasteiger partial charge in [0.15, 0.2) is 0 Å². The summed E-state index contributed by atoms with van der Waals surface area (Å²) < 4.78 is 31.9. The maximum atomic E-state index is 12.5. The normalized spacial score (nSPS) is 14.2. The second kappa shape index (κ2) is 10.6. The highest BCUT2D eigenvalue weighted by Crippen LogP contribution is 2.19. The van der Waals surface area contributed by atoms with E-state index < -0.39 is 16.1 Å². The van der Waals surface area contributed by atoms with Gasteiger partial charge < -0.3 is 10.1 Å². The molecule has 0 bridgehead atoms. The van der Waals surface area contributed by atoms with E-state index in [1.54, 1.807) is 31.2 Å². The highest BCUT2D eigenvalue weighted by molar-refractivity contribution is 7.89. The predicted octanol–water partition coefficient (Wildman–Crippen LogP) is 3.10. The summed E-state index contributed by atoms with van der Waals surface area (Å²) in [6.07, 6.45) is 1.44. The average molecular weight is 385 g/mol. The first kappa shape index (κ1) is 22.6. The van der Waals surface area contributed by atoms with Crippen LogP contribution in [0.5, 0.6) is 0 Å². The number of sulfonamides is 1. The third kappa shape index (κ3) is 6.07. The van der Waals surface area contributed by atoms with E-state index in [1.807, 2.05) is 20.8 Å². The minimum Gasteiger partial charge on any atom is -0.369 e. The van der Waals surface area contributed by atoms with Crippen LogP contribution in [0.1, 0.15) is 59.1 Å². The number of unbranched alkanes of at least 4 members (excludes halogenated alkanes) is 1. The van der Waals surface area contributed by atoms with Crippen molar-refractivity contribution in [2.75, 3.05) is 19.7 Å². The fourth-order valence-electron chi connectivity index (χ4n) is 2.54. The van der Waals surface area contributed by atoms with Crippen molar-refractivity contribution in [1.29, 1.82) is 0 Å². The third-order valence-corrected chi connectivity index (χ3v) is 6.38. The Morgan fingerprint density at radius 3 is 2.19 bits per heavy atom. The molecule has 2 unspecified atom stereocenters. The van der Waals surface area contributed by atoms with E-state index in [1.165, 1.54) is 4.31 Å². The zero-order valence-electron chi connectivity index (χ0n) is 16.5. The smallest absolute Gasteiger partial charge is 0.249 e. The summed E-state index contributed by atoms with van der Waals surface area (Å²) in [6, 6.07) is 6.43. The summed E-state index contributed by atoms with van der Waals surface area (Å²) in [4.78, 5) is 12.4. The molecule has 0 saturated heterocycles. The number of nitrogens with one attached hydrogen (secondary N) is 1. The summed E-state index contributed by atoms with van der Waals surface area (Å²) in [5, 5.41) is 2.90. The van der Waals surface area contributed by atoms with Gasteiger partial charge in [-0.15, -0.1) is 0 Å². The van der Waals surface area contributed by atoms with Gasteiger partial charge in [-0.05, 0) is 38.0 Å². The zero-order chi connectivity index (χ0) is 19.7. The first-order valence-electron chi connectivity index (χ1n) is 9.29. The molecular weight excluding hydrogens is 352 g/mol. The van der Waals surface area contributed by atoms with Gasteiger partial charge in [-0.25, -0.2) is 8.42 Å². The predicted molar refractivity (Wildman–Crippen MR) is 103 cm³/mol. The van der Waals surface area contributed by atoms with Crippen molar-refractivity contribution in [3.8, 4) is 0 Å². The molecular formula is C19H32N2O4S. The summed E-state index contributed by atoms with van der Waals surface area (Å²) in [7, 11) is -3.47. The number of hydrogen-bond donors (Lipinski definition) is 1. The molecule has 0 heterocycles. The molecule has 0 aliphatic heterocycles. The standard InChI is InChI=1S/C19H32N2O4S/c1-6-9-14-25-16(5)19(22)20-15(4)17-10-12-18(13-11-17)26(23,24)21(7-2)8-3/h10-13,15-16H,6-9,14H2,1-5H3,(H,20,22). The van der Waals surface area contributed by atoms with Crippen LogP contribution in [0.25, 0.3) is 0 Å². The zero-order valence-corrected chi connectivity index (χ0v) is 17.3. The minimum absolute atomic E-state index is 0.173. The van der Waals surface area contributed by atoms with Gasteiger partial charge in [0.2, 0.25) is 15.9 Å². The van der Waals surface area contributed by atoms with Crippen molar-refractivity contribution in [3.63, 3.8) is 0 Å². The lowest BCUT2D eigenvalue weighted by Gasteiger charge is -2.20. The Bertz CT molecular complexity index is 655. The van der Waals surface area contributed by atoms with Gasteiger partial charge in [-0.2, -0.15) is 4.31 Å². The van der Waals surface area contributed by atoms with E-state index in [4.69, 9.17) is 4.74 Å². The first-order valence-corrected chi connectivity index (χ1v) is 10.7. The van der Waals surface area contributed by atoms with Gasteiger partial charge in [0.1, 0.15) is 6.10 Å². The van der Waals surface area contributed by atoms with E-state index >= 15 is 0 Å². The lowest BCUT2D eigenvalue weighted by molar-refractivity contribution is -0.132. The van der Waals surface area contributed by atoms with Crippen molar-refractivity contribution in [2.45, 2.75) is 64.5 Å². The van der Waals surface area contributed by atoms with Crippen molar-refractivity contribution in [1.82, 2.24) is 9.62 Å². The van der Waals surface area contributed by atoms with Crippen LogP contribution in [0, 0.1) is 0 Å². The van der Waals surface area contributed by atoms with Gasteiger partial charge in [-0.3, -0.25) is 4.79 Å². The average Bonchev–Trinajstić information content (AvgIpc) is 2.62. The molecule has 2 atom stereocenters. The second-order valence-electron chi connectivity index (χ2n) is 6.26. The van der Waals surface area contributed by atoms with Crippen LogP contribution < -0.4 is 5.32 Å². The van der Waals surface area contributed by atoms with E-state index in [2.05, 4.69) is 12.2 Å². The topological polar surface area (TPSA) is 75.7 Å². The van der Waals surface area contributed by atoms with Crippen LogP contribution in [-0.2, 0) is 19.6 Å². The Morgan fingerprint density at radius 1 is 1.12 bits per heavy atom. The Labute approximate surface area is 158 Å². The first-order chi connectivity index (χ1) is 12.3. The monoisotopic (exact) mass is 384 g/mol. The highest BCUT2D eigenvalue weighted by Gasteiger charge is 2.22. The number of carbonyl (C=O) groups is 1. The molecule has 26 heavy (non-hydrogen) atoms. The van der Waals surface area contributed by atoms with Crippen molar-refractivity contribution in [2.24, 2.45) is 0 Å². The van der Waals surface area contributed by atoms with E-state index in [0.29, 0.717) is 19.7 Å². The van der Waals surface area contributed by atoms with Gasteiger partial charge in [-0.1, -0.05) is 39.3 Å². The number of hydrogen-bond acceptors (Lipinski definition) is 4. The molecule has 1 aromatic carbocycles. The van der Waals surface area contributed by atoms with Gasteiger partial charge in [0.05, 0.1) is 10.9 Å². The minimum atomic E-state index is -3.47. The molecule has 0 aromatic heterocycles. The molecule has 148 valence electrons. The second-order valence-corrected chi connectivity index (χ2v) is 8.19. The molecule has 0 aliphatic carbocycles. The maximum Gasteiger partial charge on any atom is 0.249 e.